The molecule has 5 aromatic heterocycles. The summed E-state index contributed by atoms with van der Waals surface area (Å²) in [7, 11) is 0. The Morgan fingerprint density at radius 2 is 0.913 bits per heavy atom. The van der Waals surface area contributed by atoms with Gasteiger partial charge in [-0.1, -0.05) is 165 Å². The van der Waals surface area contributed by atoms with Crippen molar-refractivity contribution in [2.24, 2.45) is 32.4 Å². The average molecular weight is 1020 g/mol. The summed E-state index contributed by atoms with van der Waals surface area (Å²) in [5.74, 6) is 2.65. The van der Waals surface area contributed by atoms with Crippen LogP contribution in [0.1, 0.15) is 219 Å². The Labute approximate surface area is 435 Å². The van der Waals surface area contributed by atoms with Crippen molar-refractivity contribution in [2.45, 2.75) is 215 Å². The van der Waals surface area contributed by atoms with E-state index in [0.717, 1.165) is 46.5 Å². The van der Waals surface area contributed by atoms with Gasteiger partial charge in [0.1, 0.15) is 22.4 Å². The minimum Gasteiger partial charge on any atom is -0.183 e. The minimum atomic E-state index is 0.0163. The molecule has 6 aromatic rings. The molecule has 0 saturated heterocycles. The first kappa shape index (κ1) is 51.2. The highest BCUT2D eigenvalue weighted by molar-refractivity contribution is 7.58. The van der Waals surface area contributed by atoms with Crippen LogP contribution < -0.4 is 0 Å². The number of unbranched alkanes of at least 4 members (excludes halogenated alkanes) is 4. The molecule has 5 unspecified atom stereocenters. The lowest BCUT2D eigenvalue weighted by atomic mass is 9.65. The summed E-state index contributed by atoms with van der Waals surface area (Å²) in [6.07, 6.45) is 26.2. The molecule has 5 atom stereocenters. The van der Waals surface area contributed by atoms with E-state index in [2.05, 4.69) is 102 Å². The van der Waals surface area contributed by atoms with Crippen LogP contribution in [0.3, 0.4) is 0 Å². The van der Waals surface area contributed by atoms with E-state index in [9.17, 15) is 0 Å². The highest BCUT2D eigenvalue weighted by atomic mass is 32.1. The molecule has 1 aromatic carbocycles. The third-order valence-electron chi connectivity index (χ3n) is 17.0. The van der Waals surface area contributed by atoms with Gasteiger partial charge < -0.3 is 0 Å². The van der Waals surface area contributed by atoms with Gasteiger partial charge in [0.2, 0.25) is 0 Å². The van der Waals surface area contributed by atoms with Crippen molar-refractivity contribution in [2.75, 3.05) is 0 Å². The maximum Gasteiger partial charge on any atom is 0.124 e. The molecule has 1 aliphatic heterocycles. The molecule has 5 nitrogen and oxygen atoms in total. The van der Waals surface area contributed by atoms with Crippen LogP contribution in [-0.4, -0.2) is 15.0 Å². The first-order chi connectivity index (χ1) is 33.8. The molecule has 0 radical (unpaired) electrons. The zero-order valence-electron chi connectivity index (χ0n) is 43.6. The lowest BCUT2D eigenvalue weighted by Crippen LogP contribution is -2.31. The third kappa shape index (κ3) is 9.44. The molecule has 0 fully saturated rings. The van der Waals surface area contributed by atoms with E-state index in [4.69, 9.17) is 18.9 Å². The van der Waals surface area contributed by atoms with Crippen molar-refractivity contribution in [3.8, 4) is 40.4 Å². The number of fused-ring (bicyclic) bond motifs is 8. The molecule has 0 spiro atoms. The van der Waals surface area contributed by atoms with E-state index >= 15 is 0 Å². The Morgan fingerprint density at radius 3 is 1.35 bits per heavy atom. The predicted molar refractivity (Wildman–Crippen MR) is 306 cm³/mol. The Hall–Kier alpha value is -2.76. The average Bonchev–Trinajstić information content (AvgIpc) is 4.23. The molecular weight excluding hydrogens is 939 g/mol. The Kier molecular flexibility index (Phi) is 16.7. The van der Waals surface area contributed by atoms with Gasteiger partial charge in [-0.25, -0.2) is 0 Å². The number of rotatable bonds is 28. The van der Waals surface area contributed by atoms with Gasteiger partial charge in [-0.2, -0.15) is 23.7 Å². The summed E-state index contributed by atoms with van der Waals surface area (Å²) in [5, 5.41) is 16.0. The third-order valence-corrected chi connectivity index (χ3v) is 22.0. The fourth-order valence-electron chi connectivity index (χ4n) is 13.1. The topological polar surface area (TPSA) is 55.4 Å². The van der Waals surface area contributed by atoms with Gasteiger partial charge in [-0.3, -0.25) is 0 Å². The molecule has 0 saturated carbocycles. The van der Waals surface area contributed by atoms with Crippen molar-refractivity contribution >= 4 is 79.1 Å². The zero-order valence-corrected chi connectivity index (χ0v) is 47.7. The molecule has 6 heterocycles. The van der Waals surface area contributed by atoms with Gasteiger partial charge in [0.25, 0.3) is 0 Å². The number of hydrogen-bond donors (Lipinski definition) is 0. The molecule has 10 heteroatoms. The highest BCUT2D eigenvalue weighted by Gasteiger charge is 2.49. The van der Waals surface area contributed by atoms with Crippen molar-refractivity contribution in [3.63, 3.8) is 0 Å². The zero-order chi connectivity index (χ0) is 48.3. The van der Waals surface area contributed by atoms with E-state index in [1.54, 1.807) is 22.3 Å². The van der Waals surface area contributed by atoms with Crippen LogP contribution in [-0.2, 0) is 28.7 Å². The van der Waals surface area contributed by atoms with E-state index in [0.29, 0.717) is 23.7 Å². The number of nitrogens with zero attached hydrogens (tertiary/aromatic N) is 5. The van der Waals surface area contributed by atoms with Crippen LogP contribution in [0.15, 0.2) is 43.8 Å². The van der Waals surface area contributed by atoms with Crippen LogP contribution in [0.4, 0.5) is 11.4 Å². The largest absolute Gasteiger partial charge is 0.183 e. The van der Waals surface area contributed by atoms with Crippen molar-refractivity contribution < 1.29 is 0 Å². The summed E-state index contributed by atoms with van der Waals surface area (Å²) in [6.45, 7) is 22.3. The van der Waals surface area contributed by atoms with Crippen LogP contribution in [0.2, 0.25) is 0 Å². The van der Waals surface area contributed by atoms with Crippen LogP contribution in [0.25, 0.3) is 51.4 Å². The number of thiophene rings is 4. The van der Waals surface area contributed by atoms with Gasteiger partial charge in [-0.15, -0.1) is 45.3 Å². The molecule has 0 amide bonds. The number of benzene rings is 1. The van der Waals surface area contributed by atoms with Gasteiger partial charge >= 0.3 is 0 Å². The second-order valence-electron chi connectivity index (χ2n) is 21.4. The predicted octanol–water partition coefficient (Wildman–Crippen LogP) is 21.1. The van der Waals surface area contributed by atoms with Gasteiger partial charge in [0.15, 0.2) is 0 Å². The smallest absolute Gasteiger partial charge is 0.124 e. The Bertz CT molecular complexity index is 2740. The quantitative estimate of drug-likeness (QED) is 0.0491. The van der Waals surface area contributed by atoms with E-state index < -0.39 is 0 Å². The summed E-state index contributed by atoms with van der Waals surface area (Å²) >= 11 is 9.29. The van der Waals surface area contributed by atoms with Gasteiger partial charge in [0, 0.05) is 40.1 Å². The van der Waals surface area contributed by atoms with E-state index in [1.165, 1.54) is 169 Å². The van der Waals surface area contributed by atoms with Crippen molar-refractivity contribution in [3.05, 3.63) is 57.3 Å². The van der Waals surface area contributed by atoms with Gasteiger partial charge in [-0.05, 0) is 113 Å². The standard InChI is InChI=1S/C59H81N5S5/c1-10-19-23-38(15-6)34-58(29-14-5)42-27-30-65-54(42)56-44(58)32-46(67-56)48-50-51(61-64(60-50)37-41(18-9)26-22-13-4)49(53-52(48)62-69-63-53)47-33-45-57(68-47)55-43(28-31-66-55)59(45,35-39(16-7)24-20-11-2)36-40(17-8)25-21-12-3/h27-28,30-33,38-41H,10-26,29,34-37H2,1-9H3. The lowest BCUT2D eigenvalue weighted by Gasteiger charge is -2.37. The summed E-state index contributed by atoms with van der Waals surface area (Å²) in [4.78, 5) is 10.7. The highest BCUT2D eigenvalue weighted by Crippen LogP contribution is 2.65. The van der Waals surface area contributed by atoms with Gasteiger partial charge in [0.05, 0.1) is 29.0 Å². The molecule has 0 N–H and O–H groups in total. The molecule has 2 aliphatic carbocycles. The monoisotopic (exact) mass is 1020 g/mol. The molecule has 3 aliphatic rings. The lowest BCUT2D eigenvalue weighted by molar-refractivity contribution is 0.266. The maximum absolute atomic E-state index is 5.63. The van der Waals surface area contributed by atoms with E-state index in [-0.39, 0.29) is 10.8 Å². The maximum atomic E-state index is 5.63. The molecular formula is C59H81N5S5. The molecule has 69 heavy (non-hydrogen) atoms. The number of hydrogen-bond acceptors (Lipinski definition) is 8. The first-order valence-corrected chi connectivity index (χ1v) is 31.9. The first-order valence-electron chi connectivity index (χ1n) is 27.7. The molecule has 372 valence electrons. The fraction of sp³-hybridized carbons (Fsp3) is 0.627. The van der Waals surface area contributed by atoms with Crippen LogP contribution in [0.5, 0.6) is 0 Å². The van der Waals surface area contributed by atoms with Crippen molar-refractivity contribution in [1.82, 2.24) is 15.0 Å². The molecule has 9 rings (SSSR count). The van der Waals surface area contributed by atoms with Crippen LogP contribution in [0, 0.1) is 23.7 Å². The van der Waals surface area contributed by atoms with Crippen LogP contribution >= 0.6 is 45.3 Å². The van der Waals surface area contributed by atoms with E-state index in [1.807, 2.05) is 45.3 Å². The Balaban J connectivity index is 1.24. The summed E-state index contributed by atoms with van der Waals surface area (Å²) in [6, 6.07) is 10.3. The summed E-state index contributed by atoms with van der Waals surface area (Å²) in [5.41, 5.74) is 12.7. The SMILES string of the molecule is CCCCC(CC)Cn1nc2c(-c3cc4c(s3)-c3sccc3C4(CCC)CC(CC)CCCC)c3c(c(-c4cc5c(s4)-c4sccc4C5(CC(CC)CCCC)CC(CC)CCCC)c2n1)N=S=N3. The van der Waals surface area contributed by atoms with Crippen molar-refractivity contribution in [1.29, 1.82) is 0 Å². The Morgan fingerprint density at radius 1 is 0.493 bits per heavy atom. The molecule has 0 bridgehead atoms. The summed E-state index contributed by atoms with van der Waals surface area (Å²) < 4.78 is 10.6. The normalized spacial score (nSPS) is 19.4. The fourth-order valence-corrected chi connectivity index (χ4v) is 18.6. The second kappa shape index (κ2) is 22.6. The minimum absolute atomic E-state index is 0.0163. The second-order valence-corrected chi connectivity index (χ2v) is 25.9. The number of aromatic nitrogens is 3.